The molecule has 0 fully saturated rings. The highest BCUT2D eigenvalue weighted by Crippen LogP contribution is 2.26. The number of methoxy groups -OCH3 is 1. The molecule has 0 saturated carbocycles. The van der Waals surface area contributed by atoms with Gasteiger partial charge in [-0.1, -0.05) is 19.0 Å². The number of aromatic nitrogens is 5. The van der Waals surface area contributed by atoms with Crippen LogP contribution in [0, 0.1) is 12.8 Å². The van der Waals surface area contributed by atoms with Crippen LogP contribution in [0.5, 0.6) is 0 Å². The Labute approximate surface area is 152 Å². The van der Waals surface area contributed by atoms with Crippen LogP contribution in [0.25, 0.3) is 11.4 Å². The molecule has 3 heterocycles. The van der Waals surface area contributed by atoms with Crippen LogP contribution in [0.4, 0.5) is 5.82 Å². The van der Waals surface area contributed by atoms with Gasteiger partial charge >= 0.3 is 0 Å². The molecule has 136 valence electrons. The lowest BCUT2D eigenvalue weighted by atomic mass is 10.0. The highest BCUT2D eigenvalue weighted by Gasteiger charge is 2.23. The maximum atomic E-state index is 5.51. The molecule has 3 rings (SSSR count). The molecule has 0 saturated heterocycles. The minimum Gasteiger partial charge on any atom is -0.377 e. The Hall–Kier alpha value is -2.87. The van der Waals surface area contributed by atoms with Crippen LogP contribution in [-0.4, -0.2) is 32.2 Å². The first-order valence-corrected chi connectivity index (χ1v) is 8.41. The largest absolute Gasteiger partial charge is 0.377 e. The predicted molar refractivity (Wildman–Crippen MR) is 96.2 cm³/mol. The lowest BCUT2D eigenvalue weighted by Crippen LogP contribution is -2.19. The second kappa shape index (κ2) is 8.01. The number of pyridine rings is 1. The smallest absolute Gasteiger partial charge is 0.249 e. The molecule has 1 N–H and O–H groups in total. The summed E-state index contributed by atoms with van der Waals surface area (Å²) >= 11 is 0. The van der Waals surface area contributed by atoms with Crippen molar-refractivity contribution in [2.24, 2.45) is 5.92 Å². The third kappa shape index (κ3) is 4.20. The average Bonchev–Trinajstić information content (AvgIpc) is 3.10. The Morgan fingerprint density at radius 3 is 2.62 bits per heavy atom. The number of ether oxygens (including phenoxy) is 1. The number of nitrogens with one attached hydrogen (secondary N) is 1. The molecular formula is C18H22N6O2. The minimum atomic E-state index is -0.178. The predicted octanol–water partition coefficient (Wildman–Crippen LogP) is 3.19. The van der Waals surface area contributed by atoms with Gasteiger partial charge in [0.25, 0.3) is 0 Å². The van der Waals surface area contributed by atoms with Gasteiger partial charge < -0.3 is 14.6 Å². The fourth-order valence-electron chi connectivity index (χ4n) is 2.55. The van der Waals surface area contributed by atoms with Crippen LogP contribution < -0.4 is 5.32 Å². The van der Waals surface area contributed by atoms with Crippen molar-refractivity contribution < 1.29 is 9.26 Å². The summed E-state index contributed by atoms with van der Waals surface area (Å²) < 4.78 is 10.6. The Morgan fingerprint density at radius 1 is 1.15 bits per heavy atom. The summed E-state index contributed by atoms with van der Waals surface area (Å²) in [7, 11) is 1.62. The Bertz CT molecular complexity index is 850. The molecule has 1 unspecified atom stereocenters. The van der Waals surface area contributed by atoms with Crippen LogP contribution in [0.15, 0.2) is 35.1 Å². The van der Waals surface area contributed by atoms with Crippen LogP contribution >= 0.6 is 0 Å². The molecule has 8 heteroatoms. The van der Waals surface area contributed by atoms with Gasteiger partial charge in [0.05, 0.1) is 0 Å². The van der Waals surface area contributed by atoms with Crippen molar-refractivity contribution in [1.29, 1.82) is 0 Å². The van der Waals surface area contributed by atoms with Gasteiger partial charge in [0, 0.05) is 36.8 Å². The van der Waals surface area contributed by atoms with Gasteiger partial charge in [-0.2, -0.15) is 4.98 Å². The van der Waals surface area contributed by atoms with Crippen molar-refractivity contribution in [1.82, 2.24) is 25.1 Å². The third-order valence-corrected chi connectivity index (χ3v) is 3.79. The van der Waals surface area contributed by atoms with E-state index >= 15 is 0 Å². The molecule has 0 aliphatic rings. The van der Waals surface area contributed by atoms with Crippen molar-refractivity contribution in [3.63, 3.8) is 0 Å². The maximum Gasteiger partial charge on any atom is 0.249 e. The topological polar surface area (TPSA) is 98.8 Å². The number of aryl methyl sites for hydroxylation is 1. The standard InChI is InChI=1S/C18H22N6O2/c1-11(2)16(22-14-9-12(3)20-15(21-14)10-25-4)18-23-17(24-26-18)13-5-7-19-8-6-13/h5-9,11,16H,10H2,1-4H3,(H,20,21,22). The molecule has 0 aliphatic carbocycles. The first kappa shape index (κ1) is 17.9. The first-order valence-electron chi connectivity index (χ1n) is 8.41. The summed E-state index contributed by atoms with van der Waals surface area (Å²) in [5.74, 6) is 2.58. The molecule has 1 atom stereocenters. The van der Waals surface area contributed by atoms with Gasteiger partial charge in [0.1, 0.15) is 18.5 Å². The van der Waals surface area contributed by atoms with Crippen LogP contribution in [0.1, 0.15) is 37.3 Å². The van der Waals surface area contributed by atoms with Crippen molar-refractivity contribution in [3.05, 3.63) is 48.0 Å². The van der Waals surface area contributed by atoms with Gasteiger partial charge in [-0.3, -0.25) is 4.98 Å². The van der Waals surface area contributed by atoms with E-state index in [2.05, 4.69) is 44.3 Å². The molecular weight excluding hydrogens is 332 g/mol. The number of anilines is 1. The van der Waals surface area contributed by atoms with Crippen molar-refractivity contribution in [2.75, 3.05) is 12.4 Å². The zero-order valence-corrected chi connectivity index (χ0v) is 15.3. The number of rotatable bonds is 7. The highest BCUT2D eigenvalue weighted by molar-refractivity contribution is 5.52. The summed E-state index contributed by atoms with van der Waals surface area (Å²) in [6.07, 6.45) is 3.40. The molecule has 0 aliphatic heterocycles. The van der Waals surface area contributed by atoms with E-state index in [0.717, 1.165) is 11.3 Å². The van der Waals surface area contributed by atoms with Crippen LogP contribution in [0.3, 0.4) is 0 Å². The van der Waals surface area contributed by atoms with E-state index in [0.29, 0.717) is 30.0 Å². The lowest BCUT2D eigenvalue weighted by molar-refractivity contribution is 0.177. The molecule has 26 heavy (non-hydrogen) atoms. The molecule has 0 bridgehead atoms. The monoisotopic (exact) mass is 354 g/mol. The van der Waals surface area contributed by atoms with E-state index in [1.54, 1.807) is 19.5 Å². The quantitative estimate of drug-likeness (QED) is 0.690. The second-order valence-corrected chi connectivity index (χ2v) is 6.30. The van der Waals surface area contributed by atoms with Crippen molar-refractivity contribution in [2.45, 2.75) is 33.4 Å². The van der Waals surface area contributed by atoms with Gasteiger partial charge in [-0.05, 0) is 25.0 Å². The lowest BCUT2D eigenvalue weighted by Gasteiger charge is -2.19. The summed E-state index contributed by atoms with van der Waals surface area (Å²) in [6.45, 7) is 6.44. The normalized spacial score (nSPS) is 12.3. The van der Waals surface area contributed by atoms with E-state index in [9.17, 15) is 0 Å². The number of hydrogen-bond donors (Lipinski definition) is 1. The van der Waals surface area contributed by atoms with Crippen LogP contribution in [-0.2, 0) is 11.3 Å². The zero-order chi connectivity index (χ0) is 18.5. The molecule has 3 aromatic heterocycles. The zero-order valence-electron chi connectivity index (χ0n) is 15.3. The molecule has 0 radical (unpaired) electrons. The van der Waals surface area contributed by atoms with Crippen LogP contribution in [0.2, 0.25) is 0 Å². The van der Waals surface area contributed by atoms with Gasteiger partial charge in [0.2, 0.25) is 11.7 Å². The SMILES string of the molecule is COCc1nc(C)cc(NC(c2nc(-c3ccncc3)no2)C(C)C)n1. The molecule has 0 aromatic carbocycles. The van der Waals surface area contributed by atoms with E-state index in [-0.39, 0.29) is 12.0 Å². The van der Waals surface area contributed by atoms with Gasteiger partial charge in [0.15, 0.2) is 5.82 Å². The highest BCUT2D eigenvalue weighted by atomic mass is 16.5. The molecule has 0 spiro atoms. The Morgan fingerprint density at radius 2 is 1.92 bits per heavy atom. The summed E-state index contributed by atoms with van der Waals surface area (Å²) in [5, 5.41) is 7.47. The van der Waals surface area contributed by atoms with Gasteiger partial charge in [-0.15, -0.1) is 0 Å². The van der Waals surface area contributed by atoms with E-state index < -0.39 is 0 Å². The third-order valence-electron chi connectivity index (χ3n) is 3.79. The fourth-order valence-corrected chi connectivity index (χ4v) is 2.55. The maximum absolute atomic E-state index is 5.51. The fraction of sp³-hybridized carbons (Fsp3) is 0.389. The van der Waals surface area contributed by atoms with Crippen molar-refractivity contribution >= 4 is 5.82 Å². The van der Waals surface area contributed by atoms with E-state index in [4.69, 9.17) is 9.26 Å². The number of nitrogens with zero attached hydrogens (tertiary/aromatic N) is 5. The second-order valence-electron chi connectivity index (χ2n) is 6.30. The minimum absolute atomic E-state index is 0.178. The summed E-state index contributed by atoms with van der Waals surface area (Å²) in [6, 6.07) is 5.39. The average molecular weight is 354 g/mol. The van der Waals surface area contributed by atoms with E-state index in [1.165, 1.54) is 0 Å². The molecule has 3 aromatic rings. The molecule has 8 nitrogen and oxygen atoms in total. The molecule has 0 amide bonds. The summed E-state index contributed by atoms with van der Waals surface area (Å²) in [4.78, 5) is 17.4. The van der Waals surface area contributed by atoms with Crippen molar-refractivity contribution in [3.8, 4) is 11.4 Å². The van der Waals surface area contributed by atoms with E-state index in [1.807, 2.05) is 25.1 Å². The number of hydrogen-bond acceptors (Lipinski definition) is 8. The Balaban J connectivity index is 1.86. The Kier molecular flexibility index (Phi) is 5.52. The first-order chi connectivity index (χ1) is 12.6. The van der Waals surface area contributed by atoms with Gasteiger partial charge in [-0.25, -0.2) is 9.97 Å². The summed E-state index contributed by atoms with van der Waals surface area (Å²) in [5.41, 5.74) is 1.72.